The van der Waals surface area contributed by atoms with Crippen LogP contribution >= 0.6 is 22.9 Å². The molecule has 3 rings (SSSR count). The second-order valence-electron chi connectivity index (χ2n) is 4.67. The van der Waals surface area contributed by atoms with Gasteiger partial charge >= 0.3 is 0 Å². The molecule has 0 amide bonds. The maximum absolute atomic E-state index is 11.4. The Morgan fingerprint density at radius 1 is 1.32 bits per heavy atom. The number of aromatic amines is 1. The molecule has 0 fully saturated rings. The zero-order valence-corrected chi connectivity index (χ0v) is 13.3. The summed E-state index contributed by atoms with van der Waals surface area (Å²) in [7, 11) is 0. The first kappa shape index (κ1) is 14.7. The Morgan fingerprint density at radius 3 is 2.86 bits per heavy atom. The molecule has 0 unspecified atom stereocenters. The van der Waals surface area contributed by atoms with Crippen molar-refractivity contribution < 1.29 is 0 Å². The van der Waals surface area contributed by atoms with Gasteiger partial charge in [0.2, 0.25) is 0 Å². The Kier molecular flexibility index (Phi) is 4.22. The van der Waals surface area contributed by atoms with Crippen molar-refractivity contribution in [2.45, 2.75) is 13.5 Å². The molecule has 2 aromatic heterocycles. The fourth-order valence-corrected chi connectivity index (χ4v) is 3.14. The van der Waals surface area contributed by atoms with Gasteiger partial charge in [0.1, 0.15) is 10.0 Å². The van der Waals surface area contributed by atoms with Gasteiger partial charge in [-0.2, -0.15) is 5.10 Å². The molecule has 1 aromatic carbocycles. The van der Waals surface area contributed by atoms with Crippen LogP contribution < -0.4 is 10.9 Å². The van der Waals surface area contributed by atoms with Crippen LogP contribution in [-0.2, 0) is 6.54 Å². The maximum atomic E-state index is 11.4. The third kappa shape index (κ3) is 3.03. The predicted octanol–water partition coefficient (Wildman–Crippen LogP) is 3.47. The summed E-state index contributed by atoms with van der Waals surface area (Å²) < 4.78 is 0. The zero-order valence-electron chi connectivity index (χ0n) is 11.8. The number of benzene rings is 1. The van der Waals surface area contributed by atoms with E-state index in [4.69, 9.17) is 11.6 Å². The van der Waals surface area contributed by atoms with Crippen molar-refractivity contribution in [1.29, 1.82) is 0 Å². The molecule has 0 saturated carbocycles. The van der Waals surface area contributed by atoms with E-state index in [2.05, 4.69) is 20.5 Å². The van der Waals surface area contributed by atoms with E-state index in [9.17, 15) is 4.79 Å². The maximum Gasteiger partial charge on any atom is 0.285 e. The molecule has 0 saturated heterocycles. The van der Waals surface area contributed by atoms with Crippen LogP contribution in [0, 0.1) is 6.92 Å². The lowest BCUT2D eigenvalue weighted by molar-refractivity contribution is 0.981. The number of anilines is 1. The van der Waals surface area contributed by atoms with Crippen LogP contribution in [0.3, 0.4) is 0 Å². The van der Waals surface area contributed by atoms with Gasteiger partial charge in [0, 0.05) is 10.4 Å². The summed E-state index contributed by atoms with van der Waals surface area (Å²) in [6.07, 6.45) is 1.50. The van der Waals surface area contributed by atoms with Crippen molar-refractivity contribution in [3.8, 4) is 10.6 Å². The molecule has 22 heavy (non-hydrogen) atoms. The lowest BCUT2D eigenvalue weighted by Crippen LogP contribution is -2.11. The van der Waals surface area contributed by atoms with E-state index in [0.29, 0.717) is 12.2 Å². The minimum Gasteiger partial charge on any atom is -0.377 e. The number of aryl methyl sites for hydroxylation is 1. The molecule has 7 heteroatoms. The van der Waals surface area contributed by atoms with E-state index in [-0.39, 0.29) is 5.02 Å². The van der Waals surface area contributed by atoms with Crippen molar-refractivity contribution >= 4 is 28.6 Å². The standard InChI is InChI=1S/C15H13ClN4OS/c1-9-12(8-17-11-7-18-20-14(21)13(11)16)22-15(19-9)10-5-3-2-4-6-10/h2-7H,8H2,1H3,(H2,17,20,21). The van der Waals surface area contributed by atoms with Crippen LogP contribution in [0.1, 0.15) is 10.6 Å². The summed E-state index contributed by atoms with van der Waals surface area (Å²) in [5, 5.41) is 10.2. The van der Waals surface area contributed by atoms with E-state index in [1.165, 1.54) is 6.20 Å². The molecule has 0 aliphatic heterocycles. The predicted molar refractivity (Wildman–Crippen MR) is 89.5 cm³/mol. The SMILES string of the molecule is Cc1nc(-c2ccccc2)sc1CNc1cn[nH]c(=O)c1Cl. The summed E-state index contributed by atoms with van der Waals surface area (Å²) in [6.45, 7) is 2.51. The van der Waals surface area contributed by atoms with Gasteiger partial charge in [-0.1, -0.05) is 41.9 Å². The van der Waals surface area contributed by atoms with Crippen molar-refractivity contribution in [3.05, 3.63) is 62.5 Å². The van der Waals surface area contributed by atoms with Gasteiger partial charge in [0.15, 0.2) is 0 Å². The van der Waals surface area contributed by atoms with Gasteiger partial charge in [-0.15, -0.1) is 11.3 Å². The highest BCUT2D eigenvalue weighted by Gasteiger charge is 2.10. The average Bonchev–Trinajstić information content (AvgIpc) is 2.91. The summed E-state index contributed by atoms with van der Waals surface area (Å²) in [5.74, 6) is 0. The highest BCUT2D eigenvalue weighted by molar-refractivity contribution is 7.15. The molecular formula is C15H13ClN4OS. The summed E-state index contributed by atoms with van der Waals surface area (Å²) in [5.41, 5.74) is 2.17. The molecule has 0 spiro atoms. The molecule has 0 aliphatic carbocycles. The van der Waals surface area contributed by atoms with Crippen LogP contribution in [0.25, 0.3) is 10.6 Å². The van der Waals surface area contributed by atoms with E-state index in [1.807, 2.05) is 37.3 Å². The minimum atomic E-state index is -0.405. The molecule has 0 radical (unpaired) electrons. The molecule has 112 valence electrons. The van der Waals surface area contributed by atoms with Crippen LogP contribution in [0.2, 0.25) is 5.02 Å². The highest BCUT2D eigenvalue weighted by Crippen LogP contribution is 2.28. The Labute approximate surface area is 136 Å². The quantitative estimate of drug-likeness (QED) is 0.767. The normalized spacial score (nSPS) is 10.6. The van der Waals surface area contributed by atoms with E-state index < -0.39 is 5.56 Å². The van der Waals surface area contributed by atoms with Gasteiger partial charge in [0.05, 0.1) is 24.1 Å². The van der Waals surface area contributed by atoms with Gasteiger partial charge < -0.3 is 5.32 Å². The first-order valence-electron chi connectivity index (χ1n) is 6.64. The van der Waals surface area contributed by atoms with Crippen molar-refractivity contribution in [2.75, 3.05) is 5.32 Å². The topological polar surface area (TPSA) is 70.7 Å². The smallest absolute Gasteiger partial charge is 0.285 e. The van der Waals surface area contributed by atoms with Crippen molar-refractivity contribution in [1.82, 2.24) is 15.2 Å². The molecule has 0 atom stereocenters. The highest BCUT2D eigenvalue weighted by atomic mass is 35.5. The second-order valence-corrected chi connectivity index (χ2v) is 6.14. The van der Waals surface area contributed by atoms with Gasteiger partial charge in [0.25, 0.3) is 5.56 Å². The number of hydrogen-bond donors (Lipinski definition) is 2. The molecule has 2 N–H and O–H groups in total. The number of thiazole rings is 1. The molecule has 5 nitrogen and oxygen atoms in total. The van der Waals surface area contributed by atoms with Crippen LogP contribution in [0.5, 0.6) is 0 Å². The zero-order chi connectivity index (χ0) is 15.5. The first-order chi connectivity index (χ1) is 10.6. The third-order valence-electron chi connectivity index (χ3n) is 3.15. The monoisotopic (exact) mass is 332 g/mol. The Morgan fingerprint density at radius 2 is 2.09 bits per heavy atom. The lowest BCUT2D eigenvalue weighted by atomic mass is 10.2. The van der Waals surface area contributed by atoms with Crippen LogP contribution in [0.15, 0.2) is 41.3 Å². The number of hydrogen-bond acceptors (Lipinski definition) is 5. The summed E-state index contributed by atoms with van der Waals surface area (Å²) >= 11 is 7.56. The van der Waals surface area contributed by atoms with E-state index >= 15 is 0 Å². The number of halogens is 1. The first-order valence-corrected chi connectivity index (χ1v) is 7.83. The number of H-pyrrole nitrogens is 1. The third-order valence-corrected chi connectivity index (χ3v) is 4.73. The lowest BCUT2D eigenvalue weighted by Gasteiger charge is -2.05. The minimum absolute atomic E-state index is 0.112. The van der Waals surface area contributed by atoms with Gasteiger partial charge in [-0.3, -0.25) is 4.79 Å². The molecule has 0 bridgehead atoms. The van der Waals surface area contributed by atoms with Crippen LogP contribution in [0.4, 0.5) is 5.69 Å². The molecule has 2 heterocycles. The number of aromatic nitrogens is 3. The van der Waals surface area contributed by atoms with Crippen molar-refractivity contribution in [2.24, 2.45) is 0 Å². The Hall–Kier alpha value is -2.18. The van der Waals surface area contributed by atoms with E-state index in [0.717, 1.165) is 21.1 Å². The van der Waals surface area contributed by atoms with Gasteiger partial charge in [-0.25, -0.2) is 10.1 Å². The van der Waals surface area contributed by atoms with E-state index in [1.54, 1.807) is 11.3 Å². The number of rotatable bonds is 4. The fraction of sp³-hybridized carbons (Fsp3) is 0.133. The Balaban J connectivity index is 1.80. The largest absolute Gasteiger partial charge is 0.377 e. The summed E-state index contributed by atoms with van der Waals surface area (Å²) in [4.78, 5) is 17.1. The molecule has 3 aromatic rings. The Bertz CT molecular complexity index is 844. The second kappa shape index (κ2) is 6.29. The summed E-state index contributed by atoms with van der Waals surface area (Å²) in [6, 6.07) is 10.0. The molecular weight excluding hydrogens is 320 g/mol. The fourth-order valence-electron chi connectivity index (χ4n) is 1.98. The molecule has 0 aliphatic rings. The van der Waals surface area contributed by atoms with Gasteiger partial charge in [-0.05, 0) is 6.92 Å². The number of nitrogens with one attached hydrogen (secondary N) is 2. The van der Waals surface area contributed by atoms with Crippen LogP contribution in [-0.4, -0.2) is 15.2 Å². The number of nitrogens with zero attached hydrogens (tertiary/aromatic N) is 2. The van der Waals surface area contributed by atoms with Crippen molar-refractivity contribution in [3.63, 3.8) is 0 Å². The average molecular weight is 333 g/mol.